The van der Waals surface area contributed by atoms with Gasteiger partial charge in [-0.15, -0.1) is 11.3 Å². The van der Waals surface area contributed by atoms with Crippen LogP contribution < -0.4 is 5.32 Å². The Hall–Kier alpha value is -2.18. The summed E-state index contributed by atoms with van der Waals surface area (Å²) in [5.41, 5.74) is 3.90. The maximum atomic E-state index is 13.0. The molecule has 27 heavy (non-hydrogen) atoms. The number of halogens is 2. The molecule has 0 bridgehead atoms. The molecule has 4 rings (SSSR count). The molecule has 142 valence electrons. The van der Waals surface area contributed by atoms with E-state index >= 15 is 0 Å². The van der Waals surface area contributed by atoms with E-state index in [0.717, 1.165) is 43.1 Å². The van der Waals surface area contributed by atoms with Crippen molar-refractivity contribution >= 4 is 49.2 Å². The predicted molar refractivity (Wildman–Crippen MR) is 113 cm³/mol. The van der Waals surface area contributed by atoms with Gasteiger partial charge in [0.1, 0.15) is 10.6 Å². The van der Waals surface area contributed by atoms with Gasteiger partial charge < -0.3 is 5.32 Å². The average molecular weight is 405 g/mol. The summed E-state index contributed by atoms with van der Waals surface area (Å²) in [7, 11) is 1.92. The summed E-state index contributed by atoms with van der Waals surface area (Å²) >= 11 is 8.00. The van der Waals surface area contributed by atoms with Crippen LogP contribution in [0.25, 0.3) is 20.4 Å². The fraction of sp³-hybridized carbons (Fsp3) is 0.300. The van der Waals surface area contributed by atoms with Gasteiger partial charge in [-0.1, -0.05) is 37.6 Å². The molecule has 0 unspecified atom stereocenters. The second-order valence-electron chi connectivity index (χ2n) is 6.05. The van der Waals surface area contributed by atoms with E-state index in [9.17, 15) is 4.39 Å². The second kappa shape index (κ2) is 7.82. The molecule has 0 saturated carbocycles. The van der Waals surface area contributed by atoms with Gasteiger partial charge in [-0.3, -0.25) is 4.68 Å². The Balaban J connectivity index is 0.00000102. The first-order valence-corrected chi connectivity index (χ1v) is 10.1. The number of hydrogen-bond acceptors (Lipinski definition) is 4. The summed E-state index contributed by atoms with van der Waals surface area (Å²) in [5, 5.41) is 9.70. The van der Waals surface area contributed by atoms with Gasteiger partial charge in [-0.25, -0.2) is 9.37 Å². The number of nitrogens with zero attached hydrogens (tertiary/aromatic N) is 3. The SMILES string of the molecule is CC.Cc1nc2sc3c(NCc4ccc(F)cc4)nn(C)c3c2c(C)c1Cl. The molecular weight excluding hydrogens is 383 g/mol. The quantitative estimate of drug-likeness (QED) is 0.440. The minimum atomic E-state index is -0.234. The zero-order valence-corrected chi connectivity index (χ0v) is 17.6. The molecule has 0 aliphatic rings. The number of pyridine rings is 1. The van der Waals surface area contributed by atoms with Crippen molar-refractivity contribution in [2.45, 2.75) is 34.2 Å². The van der Waals surface area contributed by atoms with Crippen molar-refractivity contribution in [1.29, 1.82) is 0 Å². The monoisotopic (exact) mass is 404 g/mol. The molecule has 0 amide bonds. The van der Waals surface area contributed by atoms with E-state index in [1.165, 1.54) is 12.1 Å². The van der Waals surface area contributed by atoms with Crippen molar-refractivity contribution in [2.24, 2.45) is 7.05 Å². The minimum Gasteiger partial charge on any atom is -0.363 e. The number of hydrogen-bond donors (Lipinski definition) is 1. The molecular formula is C20H22ClFN4S. The molecule has 0 spiro atoms. The van der Waals surface area contributed by atoms with Gasteiger partial charge in [-0.2, -0.15) is 5.10 Å². The zero-order valence-electron chi connectivity index (χ0n) is 16.0. The Morgan fingerprint density at radius 2 is 1.85 bits per heavy atom. The lowest BCUT2D eigenvalue weighted by molar-refractivity contribution is 0.627. The number of aryl methyl sites for hydroxylation is 3. The van der Waals surface area contributed by atoms with Crippen LogP contribution in [0.15, 0.2) is 24.3 Å². The van der Waals surface area contributed by atoms with E-state index in [-0.39, 0.29) is 5.82 Å². The molecule has 1 aromatic carbocycles. The Bertz CT molecular complexity index is 1100. The number of aromatic nitrogens is 3. The third kappa shape index (κ3) is 3.51. The standard InChI is InChI=1S/C18H16ClFN4S.C2H6/c1-9-13-15-16(25-18(13)22-10(2)14(9)19)17(23-24(15)3)21-8-11-4-6-12(20)7-5-11;1-2/h4-7H,8H2,1-3H3,(H,21,23);1-2H3. The van der Waals surface area contributed by atoms with Gasteiger partial charge in [0.2, 0.25) is 0 Å². The molecule has 3 heterocycles. The maximum Gasteiger partial charge on any atom is 0.166 e. The number of anilines is 1. The highest BCUT2D eigenvalue weighted by atomic mass is 35.5. The number of fused-ring (bicyclic) bond motifs is 3. The van der Waals surface area contributed by atoms with Crippen LogP contribution in [0.3, 0.4) is 0 Å². The highest BCUT2D eigenvalue weighted by Crippen LogP contribution is 2.40. The summed E-state index contributed by atoms with van der Waals surface area (Å²) < 4.78 is 15.9. The van der Waals surface area contributed by atoms with Gasteiger partial charge >= 0.3 is 0 Å². The van der Waals surface area contributed by atoms with Gasteiger partial charge in [-0.05, 0) is 37.1 Å². The fourth-order valence-electron chi connectivity index (χ4n) is 3.03. The summed E-state index contributed by atoms with van der Waals surface area (Å²) in [5.74, 6) is 0.570. The van der Waals surface area contributed by atoms with E-state index in [1.807, 2.05) is 39.4 Å². The molecule has 0 saturated heterocycles. The first-order valence-electron chi connectivity index (χ1n) is 8.86. The summed E-state index contributed by atoms with van der Waals surface area (Å²) in [6.07, 6.45) is 0. The van der Waals surface area contributed by atoms with Crippen LogP contribution in [-0.2, 0) is 13.6 Å². The molecule has 0 fully saturated rings. The van der Waals surface area contributed by atoms with Crippen molar-refractivity contribution in [3.05, 3.63) is 51.9 Å². The molecule has 1 N–H and O–H groups in total. The summed E-state index contributed by atoms with van der Waals surface area (Å²) in [6.45, 7) is 8.52. The van der Waals surface area contributed by atoms with Crippen LogP contribution in [-0.4, -0.2) is 14.8 Å². The van der Waals surface area contributed by atoms with E-state index in [2.05, 4.69) is 15.4 Å². The van der Waals surface area contributed by atoms with Crippen LogP contribution in [0.1, 0.15) is 30.7 Å². The number of rotatable bonds is 3. The van der Waals surface area contributed by atoms with Crippen LogP contribution in [0.2, 0.25) is 5.02 Å². The number of benzene rings is 1. The molecule has 0 aliphatic heterocycles. The number of thiophene rings is 1. The summed E-state index contributed by atoms with van der Waals surface area (Å²) in [4.78, 5) is 5.60. The second-order valence-corrected chi connectivity index (χ2v) is 7.43. The average Bonchev–Trinajstić information content (AvgIpc) is 3.18. The highest BCUT2D eigenvalue weighted by Gasteiger charge is 2.19. The fourth-order valence-corrected chi connectivity index (χ4v) is 4.43. The zero-order chi connectivity index (χ0) is 19.7. The van der Waals surface area contributed by atoms with E-state index < -0.39 is 0 Å². The lowest BCUT2D eigenvalue weighted by Gasteiger charge is -2.04. The Labute approximate surface area is 167 Å². The van der Waals surface area contributed by atoms with Crippen molar-refractivity contribution in [2.75, 3.05) is 5.32 Å². The Kier molecular flexibility index (Phi) is 5.67. The lowest BCUT2D eigenvalue weighted by Crippen LogP contribution is -2.01. The van der Waals surface area contributed by atoms with Crippen molar-refractivity contribution in [1.82, 2.24) is 14.8 Å². The topological polar surface area (TPSA) is 42.7 Å². The van der Waals surface area contributed by atoms with Crippen LogP contribution >= 0.6 is 22.9 Å². The molecule has 0 atom stereocenters. The highest BCUT2D eigenvalue weighted by molar-refractivity contribution is 7.26. The van der Waals surface area contributed by atoms with E-state index in [0.29, 0.717) is 11.6 Å². The van der Waals surface area contributed by atoms with E-state index in [1.54, 1.807) is 23.5 Å². The summed E-state index contributed by atoms with van der Waals surface area (Å²) in [6, 6.07) is 6.45. The molecule has 4 aromatic rings. The lowest BCUT2D eigenvalue weighted by atomic mass is 10.1. The molecule has 0 radical (unpaired) electrons. The minimum absolute atomic E-state index is 0.234. The normalized spacial score (nSPS) is 10.9. The first-order chi connectivity index (χ1) is 13.0. The largest absolute Gasteiger partial charge is 0.363 e. The predicted octanol–water partition coefficient (Wildman–Crippen LogP) is 6.23. The molecule has 4 nitrogen and oxygen atoms in total. The van der Waals surface area contributed by atoms with E-state index in [4.69, 9.17) is 11.6 Å². The van der Waals surface area contributed by atoms with Crippen LogP contribution in [0.4, 0.5) is 10.2 Å². The van der Waals surface area contributed by atoms with Crippen LogP contribution in [0, 0.1) is 19.7 Å². The molecule has 0 aliphatic carbocycles. The molecule has 3 aromatic heterocycles. The number of nitrogens with one attached hydrogen (secondary N) is 1. The van der Waals surface area contributed by atoms with Gasteiger partial charge in [0.05, 0.1) is 20.9 Å². The molecule has 7 heteroatoms. The van der Waals surface area contributed by atoms with Gasteiger partial charge in [0.15, 0.2) is 5.82 Å². The van der Waals surface area contributed by atoms with Crippen LogP contribution in [0.5, 0.6) is 0 Å². The smallest absolute Gasteiger partial charge is 0.166 e. The Morgan fingerprint density at radius 3 is 2.52 bits per heavy atom. The Morgan fingerprint density at radius 1 is 1.19 bits per heavy atom. The maximum absolute atomic E-state index is 13.0. The van der Waals surface area contributed by atoms with Crippen molar-refractivity contribution < 1.29 is 4.39 Å². The first kappa shape index (κ1) is 19.6. The van der Waals surface area contributed by atoms with Gasteiger partial charge in [0, 0.05) is 19.0 Å². The van der Waals surface area contributed by atoms with Crippen molar-refractivity contribution in [3.63, 3.8) is 0 Å². The third-order valence-corrected chi connectivity index (χ3v) is 5.95. The van der Waals surface area contributed by atoms with Gasteiger partial charge in [0.25, 0.3) is 0 Å². The van der Waals surface area contributed by atoms with Crippen molar-refractivity contribution in [3.8, 4) is 0 Å². The third-order valence-electron chi connectivity index (χ3n) is 4.32.